The van der Waals surface area contributed by atoms with E-state index in [1.54, 1.807) is 6.92 Å². The molecule has 0 spiro atoms. The van der Waals surface area contributed by atoms with Crippen LogP contribution in [0.25, 0.3) is 0 Å². The van der Waals surface area contributed by atoms with Crippen molar-refractivity contribution in [2.24, 2.45) is 5.14 Å². The molecular formula is C12H12ClNO6S. The highest BCUT2D eigenvalue weighted by Crippen LogP contribution is 2.24. The highest BCUT2D eigenvalue weighted by Gasteiger charge is 2.35. The van der Waals surface area contributed by atoms with E-state index in [0.29, 0.717) is 0 Å². The Kier molecular flexibility index (Phi) is 4.22. The summed E-state index contributed by atoms with van der Waals surface area (Å²) < 4.78 is 32.4. The largest absolute Gasteiger partial charge is 0.460 e. The van der Waals surface area contributed by atoms with Gasteiger partial charge < -0.3 is 9.47 Å². The van der Waals surface area contributed by atoms with Gasteiger partial charge in [-0.1, -0.05) is 11.6 Å². The van der Waals surface area contributed by atoms with Gasteiger partial charge in [-0.2, -0.15) is 0 Å². The fourth-order valence-corrected chi connectivity index (χ4v) is 2.58. The summed E-state index contributed by atoms with van der Waals surface area (Å²) in [7, 11) is -3.98. The Morgan fingerprint density at radius 1 is 1.48 bits per heavy atom. The molecule has 1 aromatic carbocycles. The lowest BCUT2D eigenvalue weighted by atomic mass is 10.2. The third kappa shape index (κ3) is 3.52. The second-order valence-electron chi connectivity index (χ2n) is 4.56. The van der Waals surface area contributed by atoms with Crippen molar-refractivity contribution in [3.05, 3.63) is 28.8 Å². The van der Waals surface area contributed by atoms with E-state index in [1.165, 1.54) is 12.1 Å². The monoisotopic (exact) mass is 333 g/mol. The molecule has 0 aliphatic carbocycles. The van der Waals surface area contributed by atoms with Crippen molar-refractivity contribution < 1.29 is 27.5 Å². The van der Waals surface area contributed by atoms with Gasteiger partial charge >= 0.3 is 11.9 Å². The molecule has 114 valence electrons. The van der Waals surface area contributed by atoms with Gasteiger partial charge in [0.1, 0.15) is 6.10 Å². The number of halogens is 1. The molecule has 2 atom stereocenters. The molecule has 0 aromatic heterocycles. The lowest BCUT2D eigenvalue weighted by Crippen LogP contribution is -2.23. The smallest absolute Gasteiger partial charge is 0.347 e. The van der Waals surface area contributed by atoms with Gasteiger partial charge in [-0.05, 0) is 25.1 Å². The maximum atomic E-state index is 12.0. The lowest BCUT2D eigenvalue weighted by Gasteiger charge is -2.10. The topological polar surface area (TPSA) is 113 Å². The van der Waals surface area contributed by atoms with Crippen LogP contribution in [0, 0.1) is 0 Å². The minimum Gasteiger partial charge on any atom is -0.460 e. The molecule has 0 saturated carbocycles. The quantitative estimate of drug-likeness (QED) is 0.820. The van der Waals surface area contributed by atoms with Crippen LogP contribution in [0.4, 0.5) is 0 Å². The average molecular weight is 334 g/mol. The summed E-state index contributed by atoms with van der Waals surface area (Å²) in [6.45, 7) is 1.67. The van der Waals surface area contributed by atoms with E-state index < -0.39 is 28.1 Å². The zero-order valence-corrected chi connectivity index (χ0v) is 12.5. The molecule has 1 aliphatic rings. The van der Waals surface area contributed by atoms with Gasteiger partial charge in [0.25, 0.3) is 0 Å². The Labute approximate surface area is 126 Å². The number of benzene rings is 1. The fourth-order valence-electron chi connectivity index (χ4n) is 1.85. The number of primary sulfonamides is 1. The van der Waals surface area contributed by atoms with Crippen molar-refractivity contribution >= 4 is 33.6 Å². The summed E-state index contributed by atoms with van der Waals surface area (Å²) in [5.74, 6) is -1.56. The molecule has 1 saturated heterocycles. The normalized spacial score (nSPS) is 22.0. The fraction of sp³-hybridized carbons (Fsp3) is 0.333. The van der Waals surface area contributed by atoms with Crippen molar-refractivity contribution in [1.29, 1.82) is 0 Å². The van der Waals surface area contributed by atoms with Crippen LogP contribution in [-0.2, 0) is 24.3 Å². The molecule has 1 aromatic rings. The van der Waals surface area contributed by atoms with Gasteiger partial charge in [0.2, 0.25) is 16.1 Å². The maximum Gasteiger partial charge on any atom is 0.347 e. The molecule has 0 amide bonds. The second-order valence-corrected chi connectivity index (χ2v) is 6.53. The van der Waals surface area contributed by atoms with E-state index in [9.17, 15) is 18.0 Å². The molecule has 0 bridgehead atoms. The zero-order valence-electron chi connectivity index (χ0n) is 10.9. The summed E-state index contributed by atoms with van der Waals surface area (Å²) in [6.07, 6.45) is -1.14. The molecule has 0 radical (unpaired) electrons. The molecule has 7 nitrogen and oxygen atoms in total. The first kappa shape index (κ1) is 15.7. The number of sulfonamides is 1. The van der Waals surface area contributed by atoms with Crippen LogP contribution in [-0.4, -0.2) is 32.6 Å². The highest BCUT2D eigenvalue weighted by molar-refractivity contribution is 7.89. The second kappa shape index (κ2) is 5.63. The van der Waals surface area contributed by atoms with E-state index >= 15 is 0 Å². The van der Waals surface area contributed by atoms with Crippen LogP contribution in [0.1, 0.15) is 23.7 Å². The highest BCUT2D eigenvalue weighted by atomic mass is 35.5. The van der Waals surface area contributed by atoms with Gasteiger partial charge in [-0.15, -0.1) is 0 Å². The van der Waals surface area contributed by atoms with E-state index in [-0.39, 0.29) is 28.0 Å². The van der Waals surface area contributed by atoms with Crippen LogP contribution in [0.3, 0.4) is 0 Å². The first-order valence-electron chi connectivity index (χ1n) is 5.92. The molecule has 2 N–H and O–H groups in total. The predicted molar refractivity (Wildman–Crippen MR) is 72.2 cm³/mol. The van der Waals surface area contributed by atoms with E-state index in [1.807, 2.05) is 0 Å². The average Bonchev–Trinajstić information content (AvgIpc) is 2.66. The summed E-state index contributed by atoms with van der Waals surface area (Å²) >= 11 is 5.84. The number of hydrogen-bond donors (Lipinski definition) is 1. The first-order chi connectivity index (χ1) is 9.68. The number of ether oxygens (including phenoxy) is 2. The predicted octanol–water partition coefficient (Wildman–Crippen LogP) is 0.848. The number of nitrogens with two attached hydrogens (primary N) is 1. The van der Waals surface area contributed by atoms with Crippen LogP contribution >= 0.6 is 11.6 Å². The molecule has 9 heteroatoms. The Hall–Kier alpha value is -1.64. The van der Waals surface area contributed by atoms with E-state index in [2.05, 4.69) is 0 Å². The number of rotatable bonds is 3. The number of cyclic esters (lactones) is 1. The molecule has 1 aliphatic heterocycles. The van der Waals surface area contributed by atoms with Crippen molar-refractivity contribution in [3.63, 3.8) is 0 Å². The molecule has 2 unspecified atom stereocenters. The summed E-state index contributed by atoms with van der Waals surface area (Å²) in [6, 6.07) is 3.39. The first-order valence-corrected chi connectivity index (χ1v) is 7.84. The van der Waals surface area contributed by atoms with Crippen LogP contribution in [0.15, 0.2) is 23.1 Å². The number of carbonyl (C=O) groups excluding carboxylic acids is 2. The van der Waals surface area contributed by atoms with Crippen molar-refractivity contribution in [1.82, 2.24) is 0 Å². The Balaban J connectivity index is 2.25. The van der Waals surface area contributed by atoms with E-state index in [0.717, 1.165) is 6.07 Å². The summed E-state index contributed by atoms with van der Waals surface area (Å²) in [5, 5.41) is 4.98. The minimum atomic E-state index is -3.98. The number of hydrogen-bond acceptors (Lipinski definition) is 6. The molecular weight excluding hydrogens is 322 g/mol. The number of carbonyl (C=O) groups is 2. The molecule has 1 heterocycles. The maximum absolute atomic E-state index is 12.0. The van der Waals surface area contributed by atoms with Crippen LogP contribution in [0.5, 0.6) is 0 Å². The van der Waals surface area contributed by atoms with Gasteiger partial charge in [0, 0.05) is 6.42 Å². The number of esters is 2. The summed E-state index contributed by atoms with van der Waals surface area (Å²) in [4.78, 5) is 23.1. The third-order valence-electron chi connectivity index (χ3n) is 2.86. The SMILES string of the molecule is CC1CC(OC(=O)c2cc(S(N)(=O)=O)ccc2Cl)C(=O)O1. The van der Waals surface area contributed by atoms with Crippen molar-refractivity contribution in [3.8, 4) is 0 Å². The lowest BCUT2D eigenvalue weighted by molar-refractivity contribution is -0.147. The van der Waals surface area contributed by atoms with Crippen molar-refractivity contribution in [2.45, 2.75) is 30.4 Å². The zero-order chi connectivity index (χ0) is 15.8. The Bertz CT molecular complexity index is 702. The van der Waals surface area contributed by atoms with Gasteiger partial charge in [-0.25, -0.2) is 23.1 Å². The third-order valence-corrected chi connectivity index (χ3v) is 4.10. The molecule has 1 fully saturated rings. The van der Waals surface area contributed by atoms with Gasteiger partial charge in [0.15, 0.2) is 0 Å². The van der Waals surface area contributed by atoms with Gasteiger partial charge in [0.05, 0.1) is 15.5 Å². The van der Waals surface area contributed by atoms with Crippen LogP contribution < -0.4 is 5.14 Å². The van der Waals surface area contributed by atoms with E-state index in [4.69, 9.17) is 26.2 Å². The van der Waals surface area contributed by atoms with Crippen molar-refractivity contribution in [2.75, 3.05) is 0 Å². The molecule has 21 heavy (non-hydrogen) atoms. The standard InChI is InChI=1S/C12H12ClNO6S/c1-6-4-10(12(16)19-6)20-11(15)8-5-7(21(14,17)18)2-3-9(8)13/h2-3,5-6,10H,4H2,1H3,(H2,14,17,18). The Morgan fingerprint density at radius 3 is 2.67 bits per heavy atom. The summed E-state index contributed by atoms with van der Waals surface area (Å²) in [5.41, 5.74) is -0.185. The van der Waals surface area contributed by atoms with Gasteiger partial charge in [-0.3, -0.25) is 0 Å². The Morgan fingerprint density at radius 2 is 2.14 bits per heavy atom. The molecule has 2 rings (SSSR count). The minimum absolute atomic E-state index is 0.00758. The van der Waals surface area contributed by atoms with Crippen LogP contribution in [0.2, 0.25) is 5.02 Å².